The maximum absolute atomic E-state index is 10.6. The molecule has 0 aliphatic carbocycles. The molecule has 0 saturated heterocycles. The molecule has 1 N–H and O–H groups in total. The molecule has 0 bridgehead atoms. The van der Waals surface area contributed by atoms with Crippen molar-refractivity contribution in [1.29, 1.82) is 0 Å². The molecule has 1 atom stereocenters. The molecule has 11 heavy (non-hydrogen) atoms. The van der Waals surface area contributed by atoms with Crippen molar-refractivity contribution in [1.82, 2.24) is 5.32 Å². The summed E-state index contributed by atoms with van der Waals surface area (Å²) in [6.07, 6.45) is 4.87. The fraction of sp³-hybridized carbons (Fsp3) is 0.667. The van der Waals surface area contributed by atoms with E-state index in [-0.39, 0.29) is 5.91 Å². The zero-order chi connectivity index (χ0) is 8.85. The molecule has 0 aliphatic rings. The SMILES string of the molecule is C#CC(=O)NCC(C)C(C)C. The second-order valence-electron chi connectivity index (χ2n) is 3.08. The van der Waals surface area contributed by atoms with Crippen LogP contribution in [-0.2, 0) is 4.79 Å². The number of amides is 1. The topological polar surface area (TPSA) is 29.1 Å². The molecular formula is C9H15NO. The van der Waals surface area contributed by atoms with E-state index in [4.69, 9.17) is 6.42 Å². The van der Waals surface area contributed by atoms with Gasteiger partial charge in [-0.25, -0.2) is 0 Å². The van der Waals surface area contributed by atoms with Gasteiger partial charge in [0.2, 0.25) is 0 Å². The first-order valence-corrected chi connectivity index (χ1v) is 3.82. The van der Waals surface area contributed by atoms with Gasteiger partial charge >= 0.3 is 0 Å². The molecule has 0 heterocycles. The predicted octanol–water partition coefficient (Wildman–Crippen LogP) is 1.03. The lowest BCUT2D eigenvalue weighted by molar-refractivity contribution is -0.115. The van der Waals surface area contributed by atoms with Crippen LogP contribution in [0.1, 0.15) is 20.8 Å². The fourth-order valence-electron chi connectivity index (χ4n) is 0.540. The summed E-state index contributed by atoms with van der Waals surface area (Å²) in [5, 5.41) is 2.64. The standard InChI is InChI=1S/C9H15NO/c1-5-9(11)10-6-8(4)7(2)3/h1,7-8H,6H2,2-4H3,(H,10,11). The van der Waals surface area contributed by atoms with E-state index in [2.05, 4.69) is 26.1 Å². The largest absolute Gasteiger partial charge is 0.345 e. The van der Waals surface area contributed by atoms with Gasteiger partial charge in [0.25, 0.3) is 5.91 Å². The molecule has 0 aliphatic heterocycles. The summed E-state index contributed by atoms with van der Waals surface area (Å²) < 4.78 is 0. The summed E-state index contributed by atoms with van der Waals surface area (Å²) in [6.45, 7) is 6.99. The lowest BCUT2D eigenvalue weighted by Gasteiger charge is -2.14. The van der Waals surface area contributed by atoms with Crippen molar-refractivity contribution >= 4 is 5.91 Å². The van der Waals surface area contributed by atoms with Crippen molar-refractivity contribution in [3.63, 3.8) is 0 Å². The molecule has 0 aromatic heterocycles. The molecule has 0 radical (unpaired) electrons. The summed E-state index contributed by atoms with van der Waals surface area (Å²) in [5.74, 6) is 2.74. The van der Waals surface area contributed by atoms with Crippen LogP contribution in [0, 0.1) is 24.2 Å². The number of carbonyl (C=O) groups is 1. The minimum Gasteiger partial charge on any atom is -0.345 e. The minimum absolute atomic E-state index is 0.322. The van der Waals surface area contributed by atoms with Crippen LogP contribution in [0.4, 0.5) is 0 Å². The Bertz CT molecular complexity index is 167. The predicted molar refractivity (Wildman–Crippen MR) is 45.8 cm³/mol. The van der Waals surface area contributed by atoms with Crippen molar-refractivity contribution in [3.8, 4) is 12.3 Å². The first-order chi connectivity index (χ1) is 5.07. The Labute approximate surface area is 68.4 Å². The fourth-order valence-corrected chi connectivity index (χ4v) is 0.540. The molecule has 2 heteroatoms. The number of rotatable bonds is 3. The zero-order valence-electron chi connectivity index (χ0n) is 7.35. The van der Waals surface area contributed by atoms with Gasteiger partial charge in [-0.05, 0) is 17.8 Å². The highest BCUT2D eigenvalue weighted by molar-refractivity contribution is 5.92. The summed E-state index contributed by atoms with van der Waals surface area (Å²) in [5.41, 5.74) is 0. The number of hydrogen-bond donors (Lipinski definition) is 1. The van der Waals surface area contributed by atoms with Gasteiger partial charge in [0.15, 0.2) is 0 Å². The summed E-state index contributed by atoms with van der Waals surface area (Å²) in [6, 6.07) is 0. The highest BCUT2D eigenvalue weighted by Crippen LogP contribution is 2.06. The van der Waals surface area contributed by atoms with Gasteiger partial charge in [0.05, 0.1) is 0 Å². The maximum Gasteiger partial charge on any atom is 0.295 e. The number of terminal acetylenes is 1. The highest BCUT2D eigenvalue weighted by atomic mass is 16.1. The van der Waals surface area contributed by atoms with E-state index in [1.807, 2.05) is 5.92 Å². The Balaban J connectivity index is 3.56. The first-order valence-electron chi connectivity index (χ1n) is 3.82. The molecule has 2 nitrogen and oxygen atoms in total. The van der Waals surface area contributed by atoms with Crippen LogP contribution in [0.5, 0.6) is 0 Å². The number of carbonyl (C=O) groups excluding carboxylic acids is 1. The summed E-state index contributed by atoms with van der Waals surface area (Å²) in [4.78, 5) is 10.6. The van der Waals surface area contributed by atoms with Crippen molar-refractivity contribution < 1.29 is 4.79 Å². The van der Waals surface area contributed by atoms with E-state index in [0.29, 0.717) is 18.4 Å². The molecule has 0 aromatic rings. The molecule has 1 amide bonds. The number of hydrogen-bond acceptors (Lipinski definition) is 1. The Morgan fingerprint density at radius 3 is 2.45 bits per heavy atom. The minimum atomic E-state index is -0.322. The van der Waals surface area contributed by atoms with Crippen molar-refractivity contribution in [3.05, 3.63) is 0 Å². The maximum atomic E-state index is 10.6. The van der Waals surface area contributed by atoms with Gasteiger partial charge in [-0.2, -0.15) is 0 Å². The molecule has 62 valence electrons. The second-order valence-corrected chi connectivity index (χ2v) is 3.08. The summed E-state index contributed by atoms with van der Waals surface area (Å²) in [7, 11) is 0. The van der Waals surface area contributed by atoms with E-state index in [1.165, 1.54) is 0 Å². The Hall–Kier alpha value is -0.970. The lowest BCUT2D eigenvalue weighted by Crippen LogP contribution is -2.28. The van der Waals surface area contributed by atoms with Crippen LogP contribution in [-0.4, -0.2) is 12.5 Å². The third-order valence-electron chi connectivity index (χ3n) is 1.85. The van der Waals surface area contributed by atoms with Crippen LogP contribution >= 0.6 is 0 Å². The average Bonchev–Trinajstić information content (AvgIpc) is 1.99. The molecule has 0 saturated carbocycles. The molecule has 0 spiro atoms. The van der Waals surface area contributed by atoms with Gasteiger partial charge in [0.1, 0.15) is 0 Å². The lowest BCUT2D eigenvalue weighted by atomic mass is 9.98. The quantitative estimate of drug-likeness (QED) is 0.603. The highest BCUT2D eigenvalue weighted by Gasteiger charge is 2.06. The monoisotopic (exact) mass is 153 g/mol. The van der Waals surface area contributed by atoms with Crippen molar-refractivity contribution in [2.45, 2.75) is 20.8 Å². The molecule has 0 rings (SSSR count). The Kier molecular flexibility index (Phi) is 4.36. The average molecular weight is 153 g/mol. The molecule has 0 aromatic carbocycles. The number of nitrogens with one attached hydrogen (secondary N) is 1. The zero-order valence-corrected chi connectivity index (χ0v) is 7.35. The second kappa shape index (κ2) is 4.79. The molecular weight excluding hydrogens is 138 g/mol. The van der Waals surface area contributed by atoms with Gasteiger partial charge in [-0.1, -0.05) is 20.8 Å². The van der Waals surface area contributed by atoms with E-state index >= 15 is 0 Å². The molecule has 1 unspecified atom stereocenters. The Morgan fingerprint density at radius 2 is 2.09 bits per heavy atom. The smallest absolute Gasteiger partial charge is 0.295 e. The van der Waals surface area contributed by atoms with Crippen LogP contribution in [0.25, 0.3) is 0 Å². The van der Waals surface area contributed by atoms with Crippen LogP contribution in [0.3, 0.4) is 0 Å². The van der Waals surface area contributed by atoms with Crippen LogP contribution < -0.4 is 5.32 Å². The van der Waals surface area contributed by atoms with E-state index in [1.54, 1.807) is 0 Å². The Morgan fingerprint density at radius 1 is 1.55 bits per heavy atom. The first kappa shape index (κ1) is 10.0. The van der Waals surface area contributed by atoms with Gasteiger partial charge in [0, 0.05) is 6.54 Å². The van der Waals surface area contributed by atoms with Gasteiger partial charge in [-0.3, -0.25) is 4.79 Å². The third kappa shape index (κ3) is 4.44. The van der Waals surface area contributed by atoms with E-state index in [9.17, 15) is 4.79 Å². The molecule has 0 fully saturated rings. The van der Waals surface area contributed by atoms with Crippen LogP contribution in [0.15, 0.2) is 0 Å². The van der Waals surface area contributed by atoms with Gasteiger partial charge < -0.3 is 5.32 Å². The third-order valence-corrected chi connectivity index (χ3v) is 1.85. The van der Waals surface area contributed by atoms with Crippen molar-refractivity contribution in [2.75, 3.05) is 6.54 Å². The summed E-state index contributed by atoms with van der Waals surface area (Å²) >= 11 is 0. The van der Waals surface area contributed by atoms with E-state index < -0.39 is 0 Å². The van der Waals surface area contributed by atoms with E-state index in [0.717, 1.165) is 0 Å². The normalized spacial score (nSPS) is 12.3. The van der Waals surface area contributed by atoms with Gasteiger partial charge in [-0.15, -0.1) is 6.42 Å². The van der Waals surface area contributed by atoms with Crippen LogP contribution in [0.2, 0.25) is 0 Å². The van der Waals surface area contributed by atoms with Crippen molar-refractivity contribution in [2.24, 2.45) is 11.8 Å².